The van der Waals surface area contributed by atoms with Gasteiger partial charge >= 0.3 is 0 Å². The molecule has 0 aliphatic carbocycles. The van der Waals surface area contributed by atoms with Crippen LogP contribution in [0.3, 0.4) is 0 Å². The van der Waals surface area contributed by atoms with Crippen LogP contribution in [-0.2, 0) is 14.2 Å². The fraction of sp³-hybridized carbons (Fsp3) is 1.00. The maximum Gasteiger partial charge on any atom is 0.0780 e. The van der Waals surface area contributed by atoms with Gasteiger partial charge in [-0.15, -0.1) is 0 Å². The van der Waals surface area contributed by atoms with Gasteiger partial charge in [-0.3, -0.25) is 0 Å². The minimum Gasteiger partial charge on any atom is -0.376 e. The van der Waals surface area contributed by atoms with Gasteiger partial charge in [0.15, 0.2) is 0 Å². The smallest absolute Gasteiger partial charge is 0.0780 e. The average Bonchev–Trinajstić information content (AvgIpc) is 2.13. The van der Waals surface area contributed by atoms with E-state index in [-0.39, 0.29) is 12.2 Å². The first-order valence-corrected chi connectivity index (χ1v) is 5.47. The van der Waals surface area contributed by atoms with E-state index < -0.39 is 0 Å². The zero-order valence-corrected chi connectivity index (χ0v) is 9.91. The quantitative estimate of drug-likeness (QED) is 0.539. The topological polar surface area (TPSA) is 27.7 Å². The second kappa shape index (κ2) is 9.44. The highest BCUT2D eigenvalue weighted by Crippen LogP contribution is 1.94. The highest BCUT2D eigenvalue weighted by Gasteiger charge is 2.01. The van der Waals surface area contributed by atoms with Crippen molar-refractivity contribution in [2.45, 2.75) is 46.3 Å². The molecule has 86 valence electrons. The standard InChI is InChI=1S/C11H24O3/c1-5-6-14-11(4)9-12-7-8-13-10(2)3/h10-11H,5-9H2,1-4H3. The average molecular weight is 204 g/mol. The van der Waals surface area contributed by atoms with Gasteiger partial charge in [0.1, 0.15) is 0 Å². The molecule has 3 heteroatoms. The minimum atomic E-state index is 0.189. The summed E-state index contributed by atoms with van der Waals surface area (Å²) in [6.45, 7) is 11.0. The van der Waals surface area contributed by atoms with Crippen molar-refractivity contribution in [2.24, 2.45) is 0 Å². The van der Waals surface area contributed by atoms with Gasteiger partial charge in [-0.25, -0.2) is 0 Å². The summed E-state index contributed by atoms with van der Waals surface area (Å²) in [5.41, 5.74) is 0. The number of ether oxygens (including phenoxy) is 3. The predicted molar refractivity (Wildman–Crippen MR) is 57.6 cm³/mol. The van der Waals surface area contributed by atoms with Crippen molar-refractivity contribution < 1.29 is 14.2 Å². The molecular formula is C11H24O3. The van der Waals surface area contributed by atoms with Crippen LogP contribution in [0.15, 0.2) is 0 Å². The number of hydrogen-bond donors (Lipinski definition) is 0. The third kappa shape index (κ3) is 9.96. The van der Waals surface area contributed by atoms with Crippen LogP contribution >= 0.6 is 0 Å². The summed E-state index contributed by atoms with van der Waals surface area (Å²) in [4.78, 5) is 0. The summed E-state index contributed by atoms with van der Waals surface area (Å²) in [6, 6.07) is 0. The Balaban J connectivity index is 3.10. The van der Waals surface area contributed by atoms with Gasteiger partial charge in [0.2, 0.25) is 0 Å². The summed E-state index contributed by atoms with van der Waals surface area (Å²) >= 11 is 0. The zero-order valence-electron chi connectivity index (χ0n) is 9.91. The maximum atomic E-state index is 5.45. The van der Waals surface area contributed by atoms with E-state index in [2.05, 4.69) is 6.92 Å². The largest absolute Gasteiger partial charge is 0.376 e. The summed E-state index contributed by atoms with van der Waals surface area (Å²) in [6.07, 6.45) is 1.53. The molecule has 1 unspecified atom stereocenters. The molecule has 14 heavy (non-hydrogen) atoms. The van der Waals surface area contributed by atoms with Gasteiger partial charge in [-0.2, -0.15) is 0 Å². The summed E-state index contributed by atoms with van der Waals surface area (Å²) in [7, 11) is 0. The van der Waals surface area contributed by atoms with Gasteiger partial charge < -0.3 is 14.2 Å². The molecule has 1 atom stereocenters. The van der Waals surface area contributed by atoms with Crippen LogP contribution < -0.4 is 0 Å². The van der Waals surface area contributed by atoms with Crippen molar-refractivity contribution in [2.75, 3.05) is 26.4 Å². The number of rotatable bonds is 9. The Morgan fingerprint density at radius 3 is 2.21 bits per heavy atom. The molecule has 0 saturated carbocycles. The monoisotopic (exact) mass is 204 g/mol. The van der Waals surface area contributed by atoms with Crippen LogP contribution in [0.2, 0.25) is 0 Å². The highest BCUT2D eigenvalue weighted by molar-refractivity contribution is 4.47. The fourth-order valence-electron chi connectivity index (χ4n) is 0.959. The second-order valence-corrected chi connectivity index (χ2v) is 3.68. The van der Waals surface area contributed by atoms with Crippen molar-refractivity contribution in [1.82, 2.24) is 0 Å². The van der Waals surface area contributed by atoms with E-state index in [1.807, 2.05) is 20.8 Å². The van der Waals surface area contributed by atoms with Crippen LogP contribution in [0.1, 0.15) is 34.1 Å². The summed E-state index contributed by atoms with van der Waals surface area (Å²) in [5.74, 6) is 0. The first-order valence-electron chi connectivity index (χ1n) is 5.47. The molecule has 0 fully saturated rings. The molecule has 3 nitrogen and oxygen atoms in total. The van der Waals surface area contributed by atoms with Crippen LogP contribution in [0.5, 0.6) is 0 Å². The Labute approximate surface area is 87.7 Å². The predicted octanol–water partition coefficient (Wildman–Crippen LogP) is 2.24. The molecule has 0 rings (SSSR count). The number of hydrogen-bond acceptors (Lipinski definition) is 3. The van der Waals surface area contributed by atoms with Gasteiger partial charge in [0.25, 0.3) is 0 Å². The van der Waals surface area contributed by atoms with E-state index in [1.165, 1.54) is 0 Å². The van der Waals surface area contributed by atoms with Crippen LogP contribution in [0.4, 0.5) is 0 Å². The van der Waals surface area contributed by atoms with Gasteiger partial charge in [0, 0.05) is 6.61 Å². The lowest BCUT2D eigenvalue weighted by Crippen LogP contribution is -2.19. The normalized spacial score (nSPS) is 13.5. The molecule has 0 aliphatic heterocycles. The Bertz CT molecular complexity index is 115. The second-order valence-electron chi connectivity index (χ2n) is 3.68. The van der Waals surface area contributed by atoms with E-state index in [9.17, 15) is 0 Å². The Morgan fingerprint density at radius 2 is 1.64 bits per heavy atom. The van der Waals surface area contributed by atoms with E-state index in [0.717, 1.165) is 13.0 Å². The SMILES string of the molecule is CCCOC(C)COCCOC(C)C. The maximum absolute atomic E-state index is 5.45. The van der Waals surface area contributed by atoms with Crippen LogP contribution in [-0.4, -0.2) is 38.6 Å². The third-order valence-electron chi connectivity index (χ3n) is 1.64. The Hall–Kier alpha value is -0.120. The molecule has 0 heterocycles. The summed E-state index contributed by atoms with van der Waals surface area (Å²) < 4.78 is 16.2. The van der Waals surface area contributed by atoms with Crippen LogP contribution in [0, 0.1) is 0 Å². The molecule has 0 spiro atoms. The lowest BCUT2D eigenvalue weighted by molar-refractivity contribution is -0.0309. The van der Waals surface area contributed by atoms with Crippen molar-refractivity contribution in [3.8, 4) is 0 Å². The molecule has 0 aromatic rings. The van der Waals surface area contributed by atoms with Crippen molar-refractivity contribution in [3.63, 3.8) is 0 Å². The molecule has 0 N–H and O–H groups in total. The molecule has 0 saturated heterocycles. The van der Waals surface area contributed by atoms with E-state index >= 15 is 0 Å². The third-order valence-corrected chi connectivity index (χ3v) is 1.64. The van der Waals surface area contributed by atoms with E-state index in [1.54, 1.807) is 0 Å². The molecule has 0 aliphatic rings. The lowest BCUT2D eigenvalue weighted by Gasteiger charge is -2.13. The first kappa shape index (κ1) is 13.9. The molecule has 0 amide bonds. The van der Waals surface area contributed by atoms with Gasteiger partial charge in [0.05, 0.1) is 32.0 Å². The van der Waals surface area contributed by atoms with Crippen LogP contribution in [0.25, 0.3) is 0 Å². The zero-order chi connectivity index (χ0) is 10.8. The fourth-order valence-corrected chi connectivity index (χ4v) is 0.959. The van der Waals surface area contributed by atoms with E-state index in [0.29, 0.717) is 19.8 Å². The van der Waals surface area contributed by atoms with Crippen molar-refractivity contribution in [3.05, 3.63) is 0 Å². The molecule has 0 aromatic carbocycles. The highest BCUT2D eigenvalue weighted by atomic mass is 16.5. The van der Waals surface area contributed by atoms with Gasteiger partial charge in [-0.1, -0.05) is 6.92 Å². The van der Waals surface area contributed by atoms with E-state index in [4.69, 9.17) is 14.2 Å². The summed E-state index contributed by atoms with van der Waals surface area (Å²) in [5, 5.41) is 0. The van der Waals surface area contributed by atoms with Crippen molar-refractivity contribution in [1.29, 1.82) is 0 Å². The first-order chi connectivity index (χ1) is 6.66. The lowest BCUT2D eigenvalue weighted by atomic mass is 10.4. The minimum absolute atomic E-state index is 0.189. The molecular weight excluding hydrogens is 180 g/mol. The molecule has 0 aromatic heterocycles. The van der Waals surface area contributed by atoms with Crippen molar-refractivity contribution >= 4 is 0 Å². The Kier molecular flexibility index (Phi) is 9.35. The van der Waals surface area contributed by atoms with Gasteiger partial charge in [-0.05, 0) is 27.2 Å². The molecule has 0 radical (unpaired) electrons. The molecule has 0 bridgehead atoms. The Morgan fingerprint density at radius 1 is 0.929 bits per heavy atom.